The molecule has 0 radical (unpaired) electrons. The Kier molecular flexibility index (Phi) is 3.35. The molecule has 0 bridgehead atoms. The van der Waals surface area contributed by atoms with E-state index in [0.29, 0.717) is 11.6 Å². The maximum atomic E-state index is 11.8. The average molecular weight is 285 g/mol. The molecule has 1 aliphatic rings. The van der Waals surface area contributed by atoms with Crippen molar-refractivity contribution in [3.05, 3.63) is 57.9 Å². The van der Waals surface area contributed by atoms with E-state index in [9.17, 15) is 4.79 Å². The van der Waals surface area contributed by atoms with Crippen LogP contribution in [-0.2, 0) is 9.53 Å². The molecule has 0 saturated heterocycles. The number of methoxy groups -OCH3 is 1. The fourth-order valence-electron chi connectivity index (χ4n) is 1.77. The summed E-state index contributed by atoms with van der Waals surface area (Å²) in [6.45, 7) is 0. The first-order valence-electron chi connectivity index (χ1n) is 5.97. The third kappa shape index (κ3) is 2.48. The number of carbonyl (C=O) groups excluding carboxylic acids is 1. The topological polar surface area (TPSA) is 47.9 Å². The molecule has 0 N–H and O–H groups in total. The van der Waals surface area contributed by atoms with Crippen LogP contribution in [0.2, 0.25) is 0 Å². The summed E-state index contributed by atoms with van der Waals surface area (Å²) in [5, 5.41) is 1.91. The molecule has 100 valence electrons. The van der Waals surface area contributed by atoms with Gasteiger partial charge in [0.15, 0.2) is 5.70 Å². The summed E-state index contributed by atoms with van der Waals surface area (Å²) in [4.78, 5) is 16.9. The second-order valence-corrected chi connectivity index (χ2v) is 5.03. The van der Waals surface area contributed by atoms with E-state index < -0.39 is 5.97 Å². The maximum absolute atomic E-state index is 11.8. The summed E-state index contributed by atoms with van der Waals surface area (Å²) in [6, 6.07) is 11.1. The monoisotopic (exact) mass is 285 g/mol. The normalized spacial score (nSPS) is 16.1. The van der Waals surface area contributed by atoms with E-state index in [1.54, 1.807) is 13.2 Å². The van der Waals surface area contributed by atoms with Crippen LogP contribution in [0.15, 0.2) is 52.5 Å². The number of thiophene rings is 1. The molecule has 4 nitrogen and oxygen atoms in total. The largest absolute Gasteiger partial charge is 0.497 e. The molecule has 3 rings (SSSR count). The molecule has 5 heteroatoms. The fraction of sp³-hybridized carbons (Fsp3) is 0.0667. The van der Waals surface area contributed by atoms with Crippen molar-refractivity contribution >= 4 is 29.3 Å². The highest BCUT2D eigenvalue weighted by atomic mass is 32.1. The van der Waals surface area contributed by atoms with E-state index in [1.165, 1.54) is 11.3 Å². The second kappa shape index (κ2) is 5.30. The number of hydrogen-bond acceptors (Lipinski definition) is 5. The van der Waals surface area contributed by atoms with Gasteiger partial charge in [0.1, 0.15) is 5.75 Å². The summed E-state index contributed by atoms with van der Waals surface area (Å²) >= 11 is 1.48. The standard InChI is InChI=1S/C15H11NO3S/c1-18-11-6-4-10(5-7-11)9-12-15(17)19-14(16-12)13-3-2-8-20-13/h2-9H,1H3/b12-9-. The van der Waals surface area contributed by atoms with Crippen LogP contribution in [0.25, 0.3) is 6.08 Å². The molecule has 0 saturated carbocycles. The molecule has 20 heavy (non-hydrogen) atoms. The minimum atomic E-state index is -0.427. The number of ether oxygens (including phenoxy) is 2. The van der Waals surface area contributed by atoms with Crippen LogP contribution >= 0.6 is 11.3 Å². The van der Waals surface area contributed by atoms with Crippen molar-refractivity contribution in [3.8, 4) is 5.75 Å². The lowest BCUT2D eigenvalue weighted by Crippen LogP contribution is -2.03. The highest BCUT2D eigenvalue weighted by molar-refractivity contribution is 7.12. The van der Waals surface area contributed by atoms with Gasteiger partial charge in [-0.05, 0) is 35.2 Å². The van der Waals surface area contributed by atoms with Crippen molar-refractivity contribution in [1.82, 2.24) is 0 Å². The van der Waals surface area contributed by atoms with Crippen LogP contribution in [0.1, 0.15) is 10.4 Å². The summed E-state index contributed by atoms with van der Waals surface area (Å²) in [5.74, 6) is 0.706. The molecule has 1 aliphatic heterocycles. The van der Waals surface area contributed by atoms with Crippen molar-refractivity contribution in [2.24, 2.45) is 4.99 Å². The van der Waals surface area contributed by atoms with Crippen LogP contribution in [0.4, 0.5) is 0 Å². The molecule has 1 aromatic heterocycles. The van der Waals surface area contributed by atoms with Crippen molar-refractivity contribution < 1.29 is 14.3 Å². The van der Waals surface area contributed by atoms with Gasteiger partial charge >= 0.3 is 5.97 Å². The molecule has 0 atom stereocenters. The van der Waals surface area contributed by atoms with E-state index in [4.69, 9.17) is 9.47 Å². The lowest BCUT2D eigenvalue weighted by molar-refractivity contribution is -0.129. The lowest BCUT2D eigenvalue weighted by Gasteiger charge is -1.99. The van der Waals surface area contributed by atoms with Crippen LogP contribution in [0.5, 0.6) is 5.75 Å². The quantitative estimate of drug-likeness (QED) is 0.643. The van der Waals surface area contributed by atoms with Gasteiger partial charge in [0.2, 0.25) is 5.90 Å². The molecule has 0 aliphatic carbocycles. The second-order valence-electron chi connectivity index (χ2n) is 4.09. The Hall–Kier alpha value is -2.40. The van der Waals surface area contributed by atoms with Gasteiger partial charge in [0.25, 0.3) is 0 Å². The van der Waals surface area contributed by atoms with E-state index in [1.807, 2.05) is 41.8 Å². The molecule has 0 unspecified atom stereocenters. The third-order valence-corrected chi connectivity index (χ3v) is 3.63. The van der Waals surface area contributed by atoms with Gasteiger partial charge in [0, 0.05) is 0 Å². The van der Waals surface area contributed by atoms with Gasteiger partial charge < -0.3 is 9.47 Å². The van der Waals surface area contributed by atoms with Gasteiger partial charge in [-0.25, -0.2) is 9.79 Å². The molecular formula is C15H11NO3S. The Balaban J connectivity index is 1.88. The third-order valence-electron chi connectivity index (χ3n) is 2.77. The first kappa shape index (κ1) is 12.6. The zero-order valence-electron chi connectivity index (χ0n) is 10.7. The summed E-state index contributed by atoms with van der Waals surface area (Å²) in [5.41, 5.74) is 1.17. The number of aliphatic imine (C=N–C) groups is 1. The highest BCUT2D eigenvalue weighted by Crippen LogP contribution is 2.22. The lowest BCUT2D eigenvalue weighted by atomic mass is 10.2. The minimum absolute atomic E-state index is 0.304. The van der Waals surface area contributed by atoms with E-state index in [2.05, 4.69) is 4.99 Å². The van der Waals surface area contributed by atoms with Gasteiger partial charge in [0.05, 0.1) is 12.0 Å². The molecule has 2 heterocycles. The Morgan fingerprint density at radius 1 is 1.25 bits per heavy atom. The highest BCUT2D eigenvalue weighted by Gasteiger charge is 2.24. The smallest absolute Gasteiger partial charge is 0.363 e. The van der Waals surface area contributed by atoms with Gasteiger partial charge in [-0.3, -0.25) is 0 Å². The molecule has 0 spiro atoms. The van der Waals surface area contributed by atoms with Crippen LogP contribution in [0, 0.1) is 0 Å². The average Bonchev–Trinajstić information content (AvgIpc) is 3.10. The molecule has 0 amide bonds. The number of rotatable bonds is 3. The molecule has 2 aromatic rings. The van der Waals surface area contributed by atoms with E-state index >= 15 is 0 Å². The molecular weight excluding hydrogens is 274 g/mol. The van der Waals surface area contributed by atoms with Crippen molar-refractivity contribution in [2.45, 2.75) is 0 Å². The van der Waals surface area contributed by atoms with Crippen molar-refractivity contribution in [3.63, 3.8) is 0 Å². The predicted molar refractivity (Wildman–Crippen MR) is 77.9 cm³/mol. The Labute approximate surface area is 120 Å². The molecule has 0 fully saturated rings. The number of hydrogen-bond donors (Lipinski definition) is 0. The van der Waals surface area contributed by atoms with Crippen LogP contribution in [-0.4, -0.2) is 19.0 Å². The number of cyclic esters (lactones) is 1. The minimum Gasteiger partial charge on any atom is -0.497 e. The summed E-state index contributed by atoms with van der Waals surface area (Å²) in [7, 11) is 1.61. The van der Waals surface area contributed by atoms with Gasteiger partial charge in [-0.2, -0.15) is 0 Å². The maximum Gasteiger partial charge on any atom is 0.363 e. The molecule has 1 aromatic carbocycles. The van der Waals surface area contributed by atoms with E-state index in [-0.39, 0.29) is 0 Å². The van der Waals surface area contributed by atoms with Crippen LogP contribution in [0.3, 0.4) is 0 Å². The summed E-state index contributed by atoms with van der Waals surface area (Å²) < 4.78 is 10.3. The SMILES string of the molecule is COc1ccc(/C=C2\N=C(c3cccs3)OC2=O)cc1. The first-order valence-corrected chi connectivity index (χ1v) is 6.85. The first-order chi connectivity index (χ1) is 9.76. The zero-order valence-corrected chi connectivity index (χ0v) is 11.5. The number of esters is 1. The van der Waals surface area contributed by atoms with Crippen molar-refractivity contribution in [2.75, 3.05) is 7.11 Å². The van der Waals surface area contributed by atoms with Gasteiger partial charge in [-0.1, -0.05) is 18.2 Å². The Morgan fingerprint density at radius 2 is 2.05 bits per heavy atom. The fourth-order valence-corrected chi connectivity index (χ4v) is 2.42. The Bertz CT molecular complexity index is 684. The van der Waals surface area contributed by atoms with Crippen LogP contribution < -0.4 is 4.74 Å². The van der Waals surface area contributed by atoms with E-state index in [0.717, 1.165) is 16.2 Å². The zero-order chi connectivity index (χ0) is 13.9. The summed E-state index contributed by atoms with van der Waals surface area (Å²) in [6.07, 6.45) is 1.70. The van der Waals surface area contributed by atoms with Gasteiger partial charge in [-0.15, -0.1) is 11.3 Å². The van der Waals surface area contributed by atoms with Crippen molar-refractivity contribution in [1.29, 1.82) is 0 Å². The number of nitrogens with zero attached hydrogens (tertiary/aromatic N) is 1. The Morgan fingerprint density at radius 3 is 2.70 bits per heavy atom. The number of carbonyl (C=O) groups is 1. The number of benzene rings is 1. The predicted octanol–water partition coefficient (Wildman–Crippen LogP) is 3.10.